The molecule has 23 heavy (non-hydrogen) atoms. The molecule has 3 heterocycles. The molecule has 0 N–H and O–H groups in total. The van der Waals surface area contributed by atoms with E-state index in [2.05, 4.69) is 13.6 Å². The minimum absolute atomic E-state index is 0.0311. The Hall–Kier alpha value is -0.740. The van der Waals surface area contributed by atoms with Gasteiger partial charge in [-0.1, -0.05) is 0 Å². The maximum atomic E-state index is 12.4. The molecule has 0 spiro atoms. The average Bonchev–Trinajstić information content (AvgIpc) is 3.02. The predicted octanol–water partition coefficient (Wildman–Crippen LogP) is 2.46. The lowest BCUT2D eigenvalue weighted by Crippen LogP contribution is -2.25. The number of hydrogen-bond donors (Lipinski definition) is 0. The highest BCUT2D eigenvalue weighted by Crippen LogP contribution is 2.40. The van der Waals surface area contributed by atoms with Gasteiger partial charge < -0.3 is 4.90 Å². The van der Waals surface area contributed by atoms with Crippen molar-refractivity contribution in [3.05, 3.63) is 5.69 Å². The molecule has 0 radical (unpaired) electrons. The molecular formula is C13H18F3N3O2S2. The Kier molecular flexibility index (Phi) is 4.67. The predicted molar refractivity (Wildman–Crippen MR) is 79.2 cm³/mol. The standard InChI is InChI=1S/C13H18F3N3O2S2/c14-13(15,16)4-2-6-23(20,21)12-11(17-22-18-12)10-8-19-5-1-3-9(10)7-19/h9-10H,1-8H2/t9-,10-/m0/s1. The second kappa shape index (κ2) is 6.29. The Balaban J connectivity index is 1.75. The number of piperidine rings is 1. The lowest BCUT2D eigenvalue weighted by Gasteiger charge is -2.21. The fourth-order valence-corrected chi connectivity index (χ4v) is 5.88. The van der Waals surface area contributed by atoms with Crippen LogP contribution in [-0.4, -0.2) is 53.6 Å². The first kappa shape index (κ1) is 17.1. The van der Waals surface area contributed by atoms with Gasteiger partial charge in [0.2, 0.25) is 0 Å². The lowest BCUT2D eigenvalue weighted by atomic mass is 9.89. The molecule has 3 atom stereocenters. The quantitative estimate of drug-likeness (QED) is 0.798. The van der Waals surface area contributed by atoms with Crippen LogP contribution >= 0.6 is 11.7 Å². The van der Waals surface area contributed by atoms with Gasteiger partial charge in [0.15, 0.2) is 14.9 Å². The molecule has 0 aromatic carbocycles. The lowest BCUT2D eigenvalue weighted by molar-refractivity contribution is -0.134. The minimum Gasteiger partial charge on any atom is -0.302 e. The molecule has 2 aliphatic rings. The molecule has 130 valence electrons. The number of aromatic nitrogens is 2. The highest BCUT2D eigenvalue weighted by Gasteiger charge is 2.41. The molecule has 1 unspecified atom stereocenters. The van der Waals surface area contributed by atoms with Crippen molar-refractivity contribution in [3.63, 3.8) is 0 Å². The van der Waals surface area contributed by atoms with Gasteiger partial charge >= 0.3 is 6.18 Å². The summed E-state index contributed by atoms with van der Waals surface area (Å²) in [6, 6.07) is 0. The number of alkyl halides is 3. The van der Waals surface area contributed by atoms with Crippen molar-refractivity contribution < 1.29 is 21.6 Å². The van der Waals surface area contributed by atoms with Crippen LogP contribution in [0.4, 0.5) is 13.2 Å². The van der Waals surface area contributed by atoms with Crippen molar-refractivity contribution >= 4 is 21.6 Å². The summed E-state index contributed by atoms with van der Waals surface area (Å²) in [4.78, 5) is 2.29. The molecule has 1 aromatic rings. The van der Waals surface area contributed by atoms with Gasteiger partial charge in [0.05, 0.1) is 23.2 Å². The second-order valence-corrected chi connectivity index (χ2v) is 8.81. The van der Waals surface area contributed by atoms with Crippen molar-refractivity contribution in [1.82, 2.24) is 13.6 Å². The molecule has 2 saturated heterocycles. The molecule has 3 rings (SSSR count). The highest BCUT2D eigenvalue weighted by molar-refractivity contribution is 7.91. The van der Waals surface area contributed by atoms with E-state index in [0.717, 1.165) is 44.2 Å². The molecule has 1 aromatic heterocycles. The van der Waals surface area contributed by atoms with Crippen LogP contribution in [0.25, 0.3) is 0 Å². The summed E-state index contributed by atoms with van der Waals surface area (Å²) < 4.78 is 69.5. The monoisotopic (exact) mass is 369 g/mol. The average molecular weight is 369 g/mol. The van der Waals surface area contributed by atoms with Crippen molar-refractivity contribution in [3.8, 4) is 0 Å². The van der Waals surface area contributed by atoms with Crippen LogP contribution in [0.1, 0.15) is 37.3 Å². The molecule has 5 nitrogen and oxygen atoms in total. The number of hydrogen-bond acceptors (Lipinski definition) is 6. The Morgan fingerprint density at radius 2 is 2.04 bits per heavy atom. The topological polar surface area (TPSA) is 63.2 Å². The van der Waals surface area contributed by atoms with Crippen LogP contribution in [0, 0.1) is 5.92 Å². The molecule has 2 bridgehead atoms. The summed E-state index contributed by atoms with van der Waals surface area (Å²) in [5, 5.41) is -0.0941. The van der Waals surface area contributed by atoms with Crippen LogP contribution in [-0.2, 0) is 9.84 Å². The highest BCUT2D eigenvalue weighted by atomic mass is 32.2. The molecule has 10 heteroatoms. The Morgan fingerprint density at radius 1 is 1.26 bits per heavy atom. The second-order valence-electron chi connectivity index (χ2n) is 6.26. The van der Waals surface area contributed by atoms with E-state index in [0.29, 0.717) is 11.6 Å². The first-order valence-corrected chi connectivity index (χ1v) is 9.99. The minimum atomic E-state index is -4.34. The van der Waals surface area contributed by atoms with Gasteiger partial charge in [0, 0.05) is 25.4 Å². The van der Waals surface area contributed by atoms with E-state index >= 15 is 0 Å². The largest absolute Gasteiger partial charge is 0.389 e. The smallest absolute Gasteiger partial charge is 0.302 e. The summed E-state index contributed by atoms with van der Waals surface area (Å²) in [5.74, 6) is -0.133. The third-order valence-electron chi connectivity index (χ3n) is 4.57. The first-order valence-electron chi connectivity index (χ1n) is 7.60. The molecular weight excluding hydrogens is 351 g/mol. The van der Waals surface area contributed by atoms with Crippen molar-refractivity contribution in [2.24, 2.45) is 5.92 Å². The maximum Gasteiger partial charge on any atom is 0.389 e. The van der Waals surface area contributed by atoms with Crippen LogP contribution in [0.5, 0.6) is 0 Å². The maximum absolute atomic E-state index is 12.4. The Labute approximate surface area is 137 Å². The van der Waals surface area contributed by atoms with E-state index in [4.69, 9.17) is 0 Å². The number of sulfone groups is 1. The molecule has 2 fully saturated rings. The van der Waals surface area contributed by atoms with E-state index < -0.39 is 34.6 Å². The molecule has 0 amide bonds. The van der Waals surface area contributed by atoms with E-state index in [9.17, 15) is 21.6 Å². The number of halogens is 3. The Morgan fingerprint density at radius 3 is 2.74 bits per heavy atom. The van der Waals surface area contributed by atoms with Gasteiger partial charge in [-0.05, 0) is 31.7 Å². The van der Waals surface area contributed by atoms with Gasteiger partial charge in [-0.25, -0.2) is 8.42 Å². The van der Waals surface area contributed by atoms with Gasteiger partial charge in [-0.15, -0.1) is 0 Å². The van der Waals surface area contributed by atoms with Gasteiger partial charge in [0.25, 0.3) is 0 Å². The zero-order valence-electron chi connectivity index (χ0n) is 12.4. The molecule has 0 aliphatic carbocycles. The van der Waals surface area contributed by atoms with E-state index in [1.165, 1.54) is 0 Å². The number of fused-ring (bicyclic) bond motifs is 2. The summed E-state index contributed by atoms with van der Waals surface area (Å²) in [5.41, 5.74) is 0.469. The fraction of sp³-hybridized carbons (Fsp3) is 0.846. The number of rotatable bonds is 5. The van der Waals surface area contributed by atoms with Crippen molar-refractivity contribution in [1.29, 1.82) is 0 Å². The zero-order valence-corrected chi connectivity index (χ0v) is 14.1. The molecule has 2 aliphatic heterocycles. The Bertz CT molecular complexity index is 660. The fourth-order valence-electron chi connectivity index (χ4n) is 3.51. The van der Waals surface area contributed by atoms with E-state index in [1.54, 1.807) is 0 Å². The van der Waals surface area contributed by atoms with Gasteiger partial charge in [-0.2, -0.15) is 21.9 Å². The van der Waals surface area contributed by atoms with Crippen LogP contribution in [0.2, 0.25) is 0 Å². The van der Waals surface area contributed by atoms with E-state index in [-0.39, 0.29) is 10.9 Å². The van der Waals surface area contributed by atoms with Crippen molar-refractivity contribution in [2.45, 2.75) is 42.8 Å². The summed E-state index contributed by atoms with van der Waals surface area (Å²) >= 11 is 0.833. The third-order valence-corrected chi connectivity index (χ3v) is 6.94. The van der Waals surface area contributed by atoms with Gasteiger partial charge in [0.1, 0.15) is 0 Å². The third kappa shape index (κ3) is 3.85. The first-order chi connectivity index (χ1) is 10.8. The normalized spacial score (nSPS) is 28.2. The zero-order chi connectivity index (χ0) is 16.7. The molecule has 0 saturated carbocycles. The van der Waals surface area contributed by atoms with Crippen LogP contribution < -0.4 is 0 Å². The number of nitrogens with zero attached hydrogens (tertiary/aromatic N) is 3. The summed E-state index contributed by atoms with van der Waals surface area (Å²) in [6.07, 6.45) is -3.75. The SMILES string of the molecule is O=S(=O)(CCCC(F)(F)F)c1nsnc1[C@H]1CN2CCC[C@H]1C2. The van der Waals surface area contributed by atoms with Crippen molar-refractivity contribution in [2.75, 3.05) is 25.4 Å². The summed E-state index contributed by atoms with van der Waals surface area (Å²) in [7, 11) is -3.82. The van der Waals surface area contributed by atoms with Gasteiger partial charge in [-0.3, -0.25) is 0 Å². The van der Waals surface area contributed by atoms with Crippen LogP contribution in [0.15, 0.2) is 5.03 Å². The van der Waals surface area contributed by atoms with E-state index in [1.807, 2.05) is 0 Å². The van der Waals surface area contributed by atoms with Crippen LogP contribution in [0.3, 0.4) is 0 Å². The summed E-state index contributed by atoms with van der Waals surface area (Å²) in [6.45, 7) is 2.72.